The number of halogens is 3. The third-order valence-electron chi connectivity index (χ3n) is 6.41. The fourth-order valence-corrected chi connectivity index (χ4v) is 5.18. The fraction of sp³-hybridized carbons (Fsp3) is 0.385. The maximum absolute atomic E-state index is 15.1. The van der Waals surface area contributed by atoms with Crippen molar-refractivity contribution in [2.45, 2.75) is 51.1 Å². The van der Waals surface area contributed by atoms with Crippen molar-refractivity contribution in [1.29, 1.82) is 5.26 Å². The van der Waals surface area contributed by atoms with E-state index in [2.05, 4.69) is 29.6 Å². The number of hydrogen-bond acceptors (Lipinski definition) is 5. The predicted molar refractivity (Wildman–Crippen MR) is 137 cm³/mol. The molecule has 0 fully saturated rings. The van der Waals surface area contributed by atoms with Crippen LogP contribution in [0.15, 0.2) is 36.5 Å². The van der Waals surface area contributed by atoms with E-state index in [1.165, 1.54) is 48.2 Å². The van der Waals surface area contributed by atoms with E-state index in [-0.39, 0.29) is 34.5 Å². The van der Waals surface area contributed by atoms with Gasteiger partial charge < -0.3 is 24.1 Å². The van der Waals surface area contributed by atoms with Crippen LogP contribution in [0.1, 0.15) is 22.5 Å². The molecule has 0 aliphatic rings. The summed E-state index contributed by atoms with van der Waals surface area (Å²) in [7, 11) is -0.204. The molecule has 0 aliphatic heterocycles. The Kier molecular flexibility index (Phi) is 6.87. The molecule has 0 bridgehead atoms. The van der Waals surface area contributed by atoms with E-state index < -0.39 is 31.2 Å². The predicted octanol–water partition coefficient (Wildman–Crippen LogP) is 5.82. The Morgan fingerprint density at radius 2 is 1.92 bits per heavy atom. The van der Waals surface area contributed by atoms with Crippen LogP contribution in [-0.2, 0) is 17.1 Å². The molecule has 4 aromatic rings. The molecule has 1 unspecified atom stereocenters. The Labute approximate surface area is 213 Å². The molecule has 0 saturated carbocycles. The topological polar surface area (TPSA) is 96.1 Å². The molecule has 0 amide bonds. The van der Waals surface area contributed by atoms with E-state index in [9.17, 15) is 10.4 Å². The van der Waals surface area contributed by atoms with Gasteiger partial charge in [-0.2, -0.15) is 18.4 Å². The molecular weight excluding hydrogens is 501 g/mol. The number of aryl methyl sites for hydroxylation is 1. The lowest BCUT2D eigenvalue weighted by atomic mass is 9.87. The minimum Gasteiger partial charge on any atom is -0.496 e. The summed E-state index contributed by atoms with van der Waals surface area (Å²) in [5, 5.41) is 21.3. The number of nitrogens with one attached hydrogen (secondary N) is 1. The molecule has 0 aliphatic carbocycles. The van der Waals surface area contributed by atoms with Crippen LogP contribution in [0.3, 0.4) is 0 Å². The lowest BCUT2D eigenvalue weighted by molar-refractivity contribution is -0.252. The number of nitrogens with zero attached hydrogens (tertiary/aromatic N) is 3. The van der Waals surface area contributed by atoms with Crippen molar-refractivity contribution >= 4 is 30.0 Å². The van der Waals surface area contributed by atoms with Crippen LogP contribution in [0, 0.1) is 18.3 Å². The molecule has 196 valence electrons. The zero-order valence-electron chi connectivity index (χ0n) is 21.3. The van der Waals surface area contributed by atoms with Crippen LogP contribution in [0.5, 0.6) is 5.75 Å². The zero-order chi connectivity index (χ0) is 27.2. The molecule has 0 saturated heterocycles. The maximum Gasteiger partial charge on any atom is 0.429 e. The van der Waals surface area contributed by atoms with Gasteiger partial charge in [-0.05, 0) is 48.9 Å². The van der Waals surface area contributed by atoms with Gasteiger partial charge >= 0.3 is 6.18 Å². The van der Waals surface area contributed by atoms with Gasteiger partial charge in [0.25, 0.3) is 0 Å². The van der Waals surface area contributed by atoms with Gasteiger partial charge in [-0.3, -0.25) is 0 Å². The van der Waals surface area contributed by atoms with Gasteiger partial charge in [0.15, 0.2) is 5.82 Å². The van der Waals surface area contributed by atoms with Crippen molar-refractivity contribution < 1.29 is 27.8 Å². The molecule has 11 heteroatoms. The zero-order valence-corrected chi connectivity index (χ0v) is 22.3. The number of fused-ring (bicyclic) bond motifs is 2. The summed E-state index contributed by atoms with van der Waals surface area (Å²) in [6.07, 6.45) is -3.67. The number of imidazole rings is 1. The number of nitriles is 1. The van der Waals surface area contributed by atoms with Gasteiger partial charge in [0.2, 0.25) is 5.60 Å². The van der Waals surface area contributed by atoms with Crippen LogP contribution in [-0.4, -0.2) is 47.6 Å². The van der Waals surface area contributed by atoms with E-state index >= 15 is 13.2 Å². The SMILES string of the molecule is COc1cc(C)c2[nH]ccc2c1C(O)(c1nc2ccc(C#N)cc2n1COCC[Si](C)(C)C)C(F)(F)F. The summed E-state index contributed by atoms with van der Waals surface area (Å²) >= 11 is 0. The van der Waals surface area contributed by atoms with Crippen molar-refractivity contribution in [2.24, 2.45) is 0 Å². The van der Waals surface area contributed by atoms with Gasteiger partial charge in [0, 0.05) is 31.8 Å². The highest BCUT2D eigenvalue weighted by Gasteiger charge is 2.61. The van der Waals surface area contributed by atoms with E-state index in [4.69, 9.17) is 9.47 Å². The molecule has 2 aromatic carbocycles. The number of benzene rings is 2. The Balaban J connectivity index is 2.01. The lowest BCUT2D eigenvalue weighted by Gasteiger charge is -2.33. The highest BCUT2D eigenvalue weighted by molar-refractivity contribution is 6.76. The molecule has 2 heterocycles. The molecule has 0 radical (unpaired) electrons. The monoisotopic (exact) mass is 530 g/mol. The molecule has 0 spiro atoms. The summed E-state index contributed by atoms with van der Waals surface area (Å²) in [5.74, 6) is -0.789. The molecule has 37 heavy (non-hydrogen) atoms. The van der Waals surface area contributed by atoms with Crippen LogP contribution < -0.4 is 4.74 Å². The number of aliphatic hydroxyl groups is 1. The summed E-state index contributed by atoms with van der Waals surface area (Å²) in [4.78, 5) is 7.21. The first-order valence-corrected chi connectivity index (χ1v) is 15.5. The average Bonchev–Trinajstić information content (AvgIpc) is 3.45. The van der Waals surface area contributed by atoms with E-state index in [0.717, 1.165) is 6.04 Å². The number of aromatic amines is 1. The molecule has 2 N–H and O–H groups in total. The van der Waals surface area contributed by atoms with Gasteiger partial charge in [0.05, 0.1) is 35.3 Å². The molecular formula is C26H29F3N4O3Si. The Morgan fingerprint density at radius 3 is 2.54 bits per heavy atom. The number of methoxy groups -OCH3 is 1. The summed E-state index contributed by atoms with van der Waals surface area (Å²) < 4.78 is 57.6. The van der Waals surface area contributed by atoms with Crippen LogP contribution in [0.2, 0.25) is 25.7 Å². The Morgan fingerprint density at radius 1 is 1.19 bits per heavy atom. The van der Waals surface area contributed by atoms with Crippen molar-refractivity contribution in [3.05, 3.63) is 59.0 Å². The number of alkyl halides is 3. The van der Waals surface area contributed by atoms with Crippen LogP contribution in [0.4, 0.5) is 13.2 Å². The van der Waals surface area contributed by atoms with E-state index in [1.807, 2.05) is 6.07 Å². The second-order valence-electron chi connectivity index (χ2n) is 10.3. The van der Waals surface area contributed by atoms with Gasteiger partial charge in [-0.15, -0.1) is 0 Å². The second kappa shape index (κ2) is 9.52. The van der Waals surface area contributed by atoms with Crippen molar-refractivity contribution in [3.8, 4) is 11.8 Å². The number of ether oxygens (including phenoxy) is 2. The van der Waals surface area contributed by atoms with Crippen molar-refractivity contribution in [1.82, 2.24) is 14.5 Å². The van der Waals surface area contributed by atoms with E-state index in [1.54, 1.807) is 6.92 Å². The summed E-state index contributed by atoms with van der Waals surface area (Å²) in [5.41, 5.74) is -2.22. The molecule has 1 atom stereocenters. The Hall–Kier alpha value is -3.33. The quantitative estimate of drug-likeness (QED) is 0.221. The van der Waals surface area contributed by atoms with Gasteiger partial charge in [-0.1, -0.05) is 19.6 Å². The van der Waals surface area contributed by atoms with Gasteiger partial charge in [-0.25, -0.2) is 4.98 Å². The molecule has 2 aromatic heterocycles. The highest BCUT2D eigenvalue weighted by atomic mass is 28.3. The third-order valence-corrected chi connectivity index (χ3v) is 8.12. The summed E-state index contributed by atoms with van der Waals surface area (Å²) in [6.45, 7) is 8.30. The second-order valence-corrected chi connectivity index (χ2v) is 15.9. The van der Waals surface area contributed by atoms with Crippen molar-refractivity contribution in [2.75, 3.05) is 13.7 Å². The maximum atomic E-state index is 15.1. The van der Waals surface area contributed by atoms with Crippen LogP contribution in [0.25, 0.3) is 21.9 Å². The molecule has 4 rings (SSSR count). The summed E-state index contributed by atoms with van der Waals surface area (Å²) in [6, 6.07) is 10.1. The minimum absolute atomic E-state index is 0.125. The number of hydrogen-bond donors (Lipinski definition) is 2. The lowest BCUT2D eigenvalue weighted by Crippen LogP contribution is -2.46. The fourth-order valence-electron chi connectivity index (χ4n) is 4.43. The number of aromatic nitrogens is 3. The smallest absolute Gasteiger partial charge is 0.429 e. The molecule has 7 nitrogen and oxygen atoms in total. The van der Waals surface area contributed by atoms with Crippen molar-refractivity contribution in [3.63, 3.8) is 0 Å². The largest absolute Gasteiger partial charge is 0.496 e. The van der Waals surface area contributed by atoms with Gasteiger partial charge in [0.1, 0.15) is 12.5 Å². The van der Waals surface area contributed by atoms with Crippen LogP contribution >= 0.6 is 0 Å². The normalized spacial score (nSPS) is 14.2. The highest BCUT2D eigenvalue weighted by Crippen LogP contribution is 2.50. The first kappa shape index (κ1) is 26.7. The standard InChI is InChI=1S/C26H29F3N4O3Si/c1-16-12-21(35-2)22(18-8-9-31-23(16)18)25(34,26(27,28)29)24-32-19-7-6-17(14-30)13-20(19)33(24)15-36-10-11-37(3,4)5/h6-9,12-13,31,34H,10-11,15H2,1-5H3. The third kappa shape index (κ3) is 4.72. The first-order valence-electron chi connectivity index (χ1n) is 11.7. The number of rotatable bonds is 8. The average molecular weight is 531 g/mol. The minimum atomic E-state index is -5.19. The first-order chi connectivity index (χ1) is 17.3. The Bertz CT molecular complexity index is 1500. The van der Waals surface area contributed by atoms with E-state index in [0.29, 0.717) is 17.7 Å². The number of H-pyrrole nitrogens is 1.